The summed E-state index contributed by atoms with van der Waals surface area (Å²) in [7, 11) is 0. The highest BCUT2D eigenvalue weighted by molar-refractivity contribution is 5.24. The predicted octanol–water partition coefficient (Wildman–Crippen LogP) is 3.28. The lowest BCUT2D eigenvalue weighted by molar-refractivity contribution is 0.0881. The molecule has 0 aromatic heterocycles. The molecule has 1 aromatic rings. The van der Waals surface area contributed by atoms with Crippen LogP contribution >= 0.6 is 0 Å². The summed E-state index contributed by atoms with van der Waals surface area (Å²) in [5.74, 6) is 0. The maximum atomic E-state index is 12.6. The fourth-order valence-corrected chi connectivity index (χ4v) is 2.21. The van der Waals surface area contributed by atoms with E-state index < -0.39 is 6.43 Å². The molecule has 0 bridgehead atoms. The van der Waals surface area contributed by atoms with Crippen LogP contribution in [-0.4, -0.2) is 18.2 Å². The summed E-state index contributed by atoms with van der Waals surface area (Å²) in [6.07, 6.45) is -1.31. The maximum absolute atomic E-state index is 12.6. The Balaban J connectivity index is 2.00. The number of rotatable bonds is 4. The van der Waals surface area contributed by atoms with Crippen LogP contribution in [0.2, 0.25) is 0 Å². The fraction of sp³-hybridized carbons (Fsp3) is 0.571. The summed E-state index contributed by atoms with van der Waals surface area (Å²) in [5, 5.41) is 3.42. The van der Waals surface area contributed by atoms with Crippen molar-refractivity contribution in [3.8, 4) is 0 Å². The third kappa shape index (κ3) is 2.87. The van der Waals surface area contributed by atoms with Crippen LogP contribution in [0.1, 0.15) is 37.8 Å². The van der Waals surface area contributed by atoms with Gasteiger partial charge in [-0.25, -0.2) is 8.78 Å². The van der Waals surface area contributed by atoms with E-state index in [4.69, 9.17) is 4.74 Å². The first-order valence-corrected chi connectivity index (χ1v) is 6.25. The van der Waals surface area contributed by atoms with E-state index in [1.807, 2.05) is 13.0 Å². The van der Waals surface area contributed by atoms with Gasteiger partial charge >= 0.3 is 0 Å². The minimum absolute atomic E-state index is 0.0686. The lowest BCUT2D eigenvalue weighted by Crippen LogP contribution is -2.47. The number of hydrogen-bond donors (Lipinski definition) is 1. The molecule has 1 aliphatic heterocycles. The molecule has 2 unspecified atom stereocenters. The van der Waals surface area contributed by atoms with Crippen molar-refractivity contribution in [1.29, 1.82) is 0 Å². The highest BCUT2D eigenvalue weighted by Crippen LogP contribution is 2.26. The van der Waals surface area contributed by atoms with E-state index in [9.17, 15) is 8.78 Å². The van der Waals surface area contributed by atoms with Gasteiger partial charge in [-0.15, -0.1) is 0 Å². The van der Waals surface area contributed by atoms with Crippen LogP contribution in [-0.2, 0) is 11.3 Å². The van der Waals surface area contributed by atoms with Crippen LogP contribution in [0.5, 0.6) is 0 Å². The molecule has 100 valence electrons. The van der Waals surface area contributed by atoms with Crippen LogP contribution in [0.4, 0.5) is 8.78 Å². The van der Waals surface area contributed by atoms with Crippen molar-refractivity contribution in [2.24, 2.45) is 0 Å². The Morgan fingerprint density at radius 3 is 2.89 bits per heavy atom. The van der Waals surface area contributed by atoms with Gasteiger partial charge in [-0.1, -0.05) is 18.2 Å². The van der Waals surface area contributed by atoms with Crippen molar-refractivity contribution in [3.63, 3.8) is 0 Å². The molecule has 1 saturated heterocycles. The molecule has 0 radical (unpaired) electrons. The van der Waals surface area contributed by atoms with Gasteiger partial charge < -0.3 is 10.1 Å². The molecule has 18 heavy (non-hydrogen) atoms. The zero-order valence-corrected chi connectivity index (χ0v) is 10.7. The molecule has 0 spiro atoms. The van der Waals surface area contributed by atoms with Gasteiger partial charge in [0, 0.05) is 24.3 Å². The van der Waals surface area contributed by atoms with Crippen LogP contribution < -0.4 is 5.32 Å². The molecule has 4 heteroatoms. The number of hydrogen-bond acceptors (Lipinski definition) is 2. The second kappa shape index (κ2) is 5.33. The van der Waals surface area contributed by atoms with Gasteiger partial charge in [0.25, 0.3) is 6.43 Å². The van der Waals surface area contributed by atoms with Crippen LogP contribution in [0.25, 0.3) is 0 Å². The maximum Gasteiger partial charge on any atom is 0.263 e. The van der Waals surface area contributed by atoms with E-state index in [0.717, 1.165) is 18.6 Å². The molecule has 2 nitrogen and oxygen atoms in total. The van der Waals surface area contributed by atoms with E-state index in [0.29, 0.717) is 6.54 Å². The Morgan fingerprint density at radius 2 is 2.28 bits per heavy atom. The Labute approximate surface area is 106 Å². The second-order valence-corrected chi connectivity index (χ2v) is 5.08. The van der Waals surface area contributed by atoms with E-state index >= 15 is 0 Å². The normalized spacial score (nSPS) is 27.9. The summed E-state index contributed by atoms with van der Waals surface area (Å²) in [6.45, 7) is 5.49. The van der Waals surface area contributed by atoms with Crippen molar-refractivity contribution in [2.75, 3.05) is 6.61 Å². The van der Waals surface area contributed by atoms with Gasteiger partial charge in [0.1, 0.15) is 0 Å². The number of benzene rings is 1. The zero-order valence-electron chi connectivity index (χ0n) is 10.7. The molecule has 0 amide bonds. The van der Waals surface area contributed by atoms with Crippen molar-refractivity contribution in [3.05, 3.63) is 35.4 Å². The summed E-state index contributed by atoms with van der Waals surface area (Å²) < 4.78 is 30.7. The first kappa shape index (κ1) is 13.4. The highest BCUT2D eigenvalue weighted by Gasteiger charge is 2.36. The number of nitrogens with one attached hydrogen (secondary N) is 1. The monoisotopic (exact) mass is 255 g/mol. The summed E-state index contributed by atoms with van der Waals surface area (Å²) in [5.41, 5.74) is 0.893. The first-order chi connectivity index (χ1) is 8.51. The number of halogens is 2. The molecule has 1 N–H and O–H groups in total. The average molecular weight is 255 g/mol. The van der Waals surface area contributed by atoms with E-state index in [-0.39, 0.29) is 17.2 Å². The molecule has 0 aliphatic carbocycles. The molecule has 1 heterocycles. The largest absolute Gasteiger partial charge is 0.377 e. The molecular weight excluding hydrogens is 236 g/mol. The van der Waals surface area contributed by atoms with Gasteiger partial charge in [-0.05, 0) is 31.9 Å². The van der Waals surface area contributed by atoms with Crippen molar-refractivity contribution in [2.45, 2.75) is 44.9 Å². The molecule has 2 atom stereocenters. The lowest BCUT2D eigenvalue weighted by Gasteiger charge is -2.29. The van der Waals surface area contributed by atoms with Crippen molar-refractivity contribution < 1.29 is 13.5 Å². The van der Waals surface area contributed by atoms with Gasteiger partial charge in [0.2, 0.25) is 0 Å². The number of alkyl halides is 2. The molecule has 1 aliphatic rings. The lowest BCUT2D eigenvalue weighted by atomic mass is 9.94. The quantitative estimate of drug-likeness (QED) is 0.891. The summed E-state index contributed by atoms with van der Waals surface area (Å²) >= 11 is 0. The Hall–Kier alpha value is -1.00. The van der Waals surface area contributed by atoms with Gasteiger partial charge in [0.15, 0.2) is 0 Å². The van der Waals surface area contributed by atoms with E-state index in [2.05, 4.69) is 12.2 Å². The van der Waals surface area contributed by atoms with Crippen LogP contribution in [0.15, 0.2) is 24.3 Å². The van der Waals surface area contributed by atoms with E-state index in [1.165, 1.54) is 6.07 Å². The molecule has 2 rings (SSSR count). The third-order valence-corrected chi connectivity index (χ3v) is 3.79. The Kier molecular flexibility index (Phi) is 3.97. The van der Waals surface area contributed by atoms with Crippen molar-refractivity contribution in [1.82, 2.24) is 5.32 Å². The molecule has 1 fully saturated rings. The van der Waals surface area contributed by atoms with E-state index in [1.54, 1.807) is 12.1 Å². The fourth-order valence-electron chi connectivity index (χ4n) is 2.21. The Morgan fingerprint density at radius 1 is 1.50 bits per heavy atom. The van der Waals surface area contributed by atoms with Gasteiger partial charge in [0.05, 0.1) is 6.10 Å². The topological polar surface area (TPSA) is 21.3 Å². The van der Waals surface area contributed by atoms with Gasteiger partial charge in [-0.3, -0.25) is 0 Å². The number of ether oxygens (including phenoxy) is 1. The molecular formula is C14H19F2NO. The SMILES string of the molecule is CC1OCCC1(C)NCc1cccc(C(F)F)c1. The summed E-state index contributed by atoms with van der Waals surface area (Å²) in [6, 6.07) is 6.55. The third-order valence-electron chi connectivity index (χ3n) is 3.79. The zero-order chi connectivity index (χ0) is 13.2. The first-order valence-electron chi connectivity index (χ1n) is 6.25. The smallest absolute Gasteiger partial charge is 0.263 e. The van der Waals surface area contributed by atoms with Crippen LogP contribution in [0, 0.1) is 0 Å². The van der Waals surface area contributed by atoms with Gasteiger partial charge in [-0.2, -0.15) is 0 Å². The minimum atomic E-state index is -2.41. The second-order valence-electron chi connectivity index (χ2n) is 5.08. The predicted molar refractivity (Wildman–Crippen MR) is 66.7 cm³/mol. The summed E-state index contributed by atoms with van der Waals surface area (Å²) in [4.78, 5) is 0. The van der Waals surface area contributed by atoms with Crippen molar-refractivity contribution >= 4 is 0 Å². The van der Waals surface area contributed by atoms with Crippen LogP contribution in [0.3, 0.4) is 0 Å². The Bertz CT molecular complexity index is 411. The minimum Gasteiger partial charge on any atom is -0.377 e. The molecule has 0 saturated carbocycles. The molecule has 1 aromatic carbocycles. The average Bonchev–Trinajstić information content (AvgIpc) is 2.68. The standard InChI is InChI=1S/C14H19F2NO/c1-10-14(2,6-7-18-10)17-9-11-4-3-5-12(8-11)13(15)16/h3-5,8,10,13,17H,6-7,9H2,1-2H3. The highest BCUT2D eigenvalue weighted by atomic mass is 19.3.